The molecule has 76 valence electrons. The number of nitrogens with zero attached hydrogens (tertiary/aromatic N) is 1. The van der Waals surface area contributed by atoms with Gasteiger partial charge in [-0.2, -0.15) is 8.78 Å². The maximum Gasteiger partial charge on any atom is 0.315 e. The average Bonchev–Trinajstić information content (AvgIpc) is 2.12. The number of halogens is 3. The van der Waals surface area contributed by atoms with Gasteiger partial charge in [0.15, 0.2) is 5.78 Å². The van der Waals surface area contributed by atoms with Crippen LogP contribution in [0.5, 0.6) is 0 Å². The zero-order valence-electron chi connectivity index (χ0n) is 7.10. The van der Waals surface area contributed by atoms with Gasteiger partial charge in [-0.1, -0.05) is 0 Å². The van der Waals surface area contributed by atoms with E-state index < -0.39 is 18.1 Å². The molecule has 0 saturated heterocycles. The largest absolute Gasteiger partial charge is 0.331 e. The number of likely N-dealkylation sites (N-methyl/N-ethyl adjacent to an activating group) is 1. The molecule has 0 aliphatic rings. The molecule has 0 unspecified atom stereocenters. The van der Waals surface area contributed by atoms with Crippen LogP contribution in [0.3, 0.4) is 0 Å². The summed E-state index contributed by atoms with van der Waals surface area (Å²) in [4.78, 5) is 22.2. The fraction of sp³-hybridized carbons (Fsp3) is 0.714. The summed E-state index contributed by atoms with van der Waals surface area (Å²) in [7, 11) is 0. The van der Waals surface area contributed by atoms with E-state index in [-0.39, 0.29) is 19.0 Å². The summed E-state index contributed by atoms with van der Waals surface area (Å²) in [6, 6.07) is 0. The molecule has 0 bridgehead atoms. The highest BCUT2D eigenvalue weighted by molar-refractivity contribution is 6.28. The standard InChI is InChI=1S/C7H10ClF2NO2/c1-2-11(4-5(12)3-8)7(13)6(9)10/h6H,2-4H2,1H3. The quantitative estimate of drug-likeness (QED) is 0.637. The normalized spacial score (nSPS) is 10.2. The van der Waals surface area contributed by atoms with E-state index in [4.69, 9.17) is 11.6 Å². The highest BCUT2D eigenvalue weighted by Crippen LogP contribution is 2.00. The lowest BCUT2D eigenvalue weighted by Gasteiger charge is -2.18. The molecule has 0 aliphatic carbocycles. The summed E-state index contributed by atoms with van der Waals surface area (Å²) in [6.45, 7) is 1.25. The van der Waals surface area contributed by atoms with Crippen molar-refractivity contribution >= 4 is 23.3 Å². The molecule has 0 radical (unpaired) electrons. The molecule has 0 aromatic rings. The predicted molar refractivity (Wildman–Crippen MR) is 44.0 cm³/mol. The first-order valence-corrected chi connectivity index (χ1v) is 4.21. The summed E-state index contributed by atoms with van der Waals surface area (Å²) in [5.41, 5.74) is 0. The van der Waals surface area contributed by atoms with Crippen molar-refractivity contribution in [3.63, 3.8) is 0 Å². The van der Waals surface area contributed by atoms with Crippen molar-refractivity contribution in [1.82, 2.24) is 4.90 Å². The second kappa shape index (κ2) is 5.85. The van der Waals surface area contributed by atoms with E-state index in [1.165, 1.54) is 6.92 Å². The molecule has 0 spiro atoms. The van der Waals surface area contributed by atoms with Crippen LogP contribution in [0, 0.1) is 0 Å². The van der Waals surface area contributed by atoms with Gasteiger partial charge in [0.25, 0.3) is 5.91 Å². The van der Waals surface area contributed by atoms with Crippen molar-refractivity contribution in [3.05, 3.63) is 0 Å². The second-order valence-corrected chi connectivity index (χ2v) is 2.59. The molecule has 0 atom stereocenters. The minimum absolute atomic E-state index is 0.0752. The Morgan fingerprint density at radius 2 is 2.00 bits per heavy atom. The molecule has 0 N–H and O–H groups in total. The summed E-state index contributed by atoms with van der Waals surface area (Å²) in [5, 5.41) is 0. The lowest BCUT2D eigenvalue weighted by molar-refractivity contribution is -0.144. The van der Waals surface area contributed by atoms with Crippen LogP contribution >= 0.6 is 11.6 Å². The molecule has 13 heavy (non-hydrogen) atoms. The van der Waals surface area contributed by atoms with Crippen LogP contribution in [0.4, 0.5) is 8.78 Å². The Bertz CT molecular complexity index is 199. The van der Waals surface area contributed by atoms with Gasteiger partial charge in [-0.05, 0) is 6.92 Å². The molecule has 0 aromatic carbocycles. The zero-order chi connectivity index (χ0) is 10.4. The van der Waals surface area contributed by atoms with Crippen LogP contribution in [0.25, 0.3) is 0 Å². The first-order chi connectivity index (χ1) is 6.02. The Hall–Kier alpha value is -0.710. The lowest BCUT2D eigenvalue weighted by atomic mass is 10.3. The van der Waals surface area contributed by atoms with Crippen LogP contribution in [0.1, 0.15) is 6.92 Å². The third kappa shape index (κ3) is 4.17. The monoisotopic (exact) mass is 213 g/mol. The van der Waals surface area contributed by atoms with Crippen molar-refractivity contribution in [3.8, 4) is 0 Å². The van der Waals surface area contributed by atoms with E-state index in [0.717, 1.165) is 4.90 Å². The van der Waals surface area contributed by atoms with E-state index in [1.54, 1.807) is 0 Å². The van der Waals surface area contributed by atoms with E-state index in [2.05, 4.69) is 0 Å². The number of carbonyl (C=O) groups excluding carboxylic acids is 2. The van der Waals surface area contributed by atoms with Crippen molar-refractivity contribution in [2.24, 2.45) is 0 Å². The number of carbonyl (C=O) groups is 2. The van der Waals surface area contributed by atoms with Gasteiger partial charge in [-0.25, -0.2) is 0 Å². The number of Topliss-reactive ketones (excluding diaryl/α,β-unsaturated/α-hetero) is 1. The van der Waals surface area contributed by atoms with E-state index in [1.807, 2.05) is 0 Å². The molecule has 1 amide bonds. The van der Waals surface area contributed by atoms with Crippen molar-refractivity contribution in [1.29, 1.82) is 0 Å². The molecule has 0 saturated carbocycles. The fourth-order valence-corrected chi connectivity index (χ4v) is 0.823. The van der Waals surface area contributed by atoms with Gasteiger partial charge in [0.05, 0.1) is 12.4 Å². The summed E-state index contributed by atoms with van der Waals surface area (Å²) in [5.74, 6) is -2.05. The number of amides is 1. The Labute approximate surface area is 79.6 Å². The summed E-state index contributed by atoms with van der Waals surface area (Å²) >= 11 is 5.16. The number of hydrogen-bond acceptors (Lipinski definition) is 2. The molecule has 6 heteroatoms. The highest BCUT2D eigenvalue weighted by Gasteiger charge is 2.23. The molecule has 3 nitrogen and oxygen atoms in total. The van der Waals surface area contributed by atoms with Crippen LogP contribution in [-0.4, -0.2) is 42.0 Å². The van der Waals surface area contributed by atoms with E-state index >= 15 is 0 Å². The highest BCUT2D eigenvalue weighted by atomic mass is 35.5. The maximum atomic E-state index is 11.9. The van der Waals surface area contributed by atoms with Gasteiger partial charge in [-0.15, -0.1) is 11.6 Å². The SMILES string of the molecule is CCN(CC(=O)CCl)C(=O)C(F)F. The molecular formula is C7H10ClF2NO2. The molecule has 0 fully saturated rings. The van der Waals surface area contributed by atoms with Crippen molar-refractivity contribution in [2.75, 3.05) is 19.0 Å². The van der Waals surface area contributed by atoms with Gasteiger partial charge in [-0.3, -0.25) is 9.59 Å². The third-order valence-corrected chi connectivity index (χ3v) is 1.69. The predicted octanol–water partition coefficient (Wildman–Crippen LogP) is 0.908. The maximum absolute atomic E-state index is 11.9. The Kier molecular flexibility index (Phi) is 5.53. The molecule has 0 aromatic heterocycles. The van der Waals surface area contributed by atoms with Crippen molar-refractivity contribution in [2.45, 2.75) is 13.3 Å². The average molecular weight is 214 g/mol. The Morgan fingerprint density at radius 3 is 2.31 bits per heavy atom. The molecule has 0 rings (SSSR count). The van der Waals surface area contributed by atoms with Gasteiger partial charge < -0.3 is 4.90 Å². The van der Waals surface area contributed by atoms with Gasteiger partial charge >= 0.3 is 6.43 Å². The fourth-order valence-electron chi connectivity index (χ4n) is 0.739. The minimum atomic E-state index is -3.07. The van der Waals surface area contributed by atoms with Crippen LogP contribution in [0.2, 0.25) is 0 Å². The first kappa shape index (κ1) is 12.3. The number of hydrogen-bond donors (Lipinski definition) is 0. The number of ketones is 1. The summed E-state index contributed by atoms with van der Waals surface area (Å²) in [6.07, 6.45) is -3.07. The van der Waals surface area contributed by atoms with Gasteiger partial charge in [0.1, 0.15) is 0 Å². The third-order valence-electron chi connectivity index (χ3n) is 1.40. The van der Waals surface area contributed by atoms with Crippen molar-refractivity contribution < 1.29 is 18.4 Å². The molecular weight excluding hydrogens is 204 g/mol. The smallest absolute Gasteiger partial charge is 0.315 e. The molecule has 0 aliphatic heterocycles. The van der Waals surface area contributed by atoms with E-state index in [9.17, 15) is 18.4 Å². The number of alkyl halides is 3. The van der Waals surface area contributed by atoms with Crippen LogP contribution < -0.4 is 0 Å². The first-order valence-electron chi connectivity index (χ1n) is 3.67. The van der Waals surface area contributed by atoms with Crippen LogP contribution in [0.15, 0.2) is 0 Å². The zero-order valence-corrected chi connectivity index (χ0v) is 7.85. The minimum Gasteiger partial charge on any atom is -0.331 e. The second-order valence-electron chi connectivity index (χ2n) is 2.33. The van der Waals surface area contributed by atoms with Crippen LogP contribution in [-0.2, 0) is 9.59 Å². The Morgan fingerprint density at radius 1 is 1.46 bits per heavy atom. The van der Waals surface area contributed by atoms with E-state index in [0.29, 0.717) is 0 Å². The number of rotatable bonds is 5. The lowest BCUT2D eigenvalue weighted by Crippen LogP contribution is -2.39. The summed E-state index contributed by atoms with van der Waals surface area (Å²) < 4.78 is 23.8. The topological polar surface area (TPSA) is 37.4 Å². The molecule has 0 heterocycles. The van der Waals surface area contributed by atoms with Gasteiger partial charge in [0.2, 0.25) is 0 Å². The van der Waals surface area contributed by atoms with Gasteiger partial charge in [0, 0.05) is 6.54 Å². The Balaban J connectivity index is 4.18.